The topological polar surface area (TPSA) is 43.1 Å². The molecule has 0 radical (unpaired) electrons. The van der Waals surface area contributed by atoms with Crippen molar-refractivity contribution in [3.05, 3.63) is 0 Å². The van der Waals surface area contributed by atoms with Gasteiger partial charge in [0.25, 0.3) is 0 Å². The van der Waals surface area contributed by atoms with Crippen molar-refractivity contribution in [3.63, 3.8) is 0 Å². The second kappa shape index (κ2) is 5.49. The lowest BCUT2D eigenvalue weighted by molar-refractivity contribution is 0.600. The van der Waals surface area contributed by atoms with E-state index in [0.717, 1.165) is 0 Å². The zero-order chi connectivity index (χ0) is 6.50. The standard InChI is InChI=1S/Cl3OP.ClH2N/c1-5(2,3)4;1-2/h;2H2. The van der Waals surface area contributed by atoms with E-state index in [1.807, 2.05) is 0 Å². The van der Waals surface area contributed by atoms with Gasteiger partial charge in [0, 0.05) is 0 Å². The summed E-state index contributed by atoms with van der Waals surface area (Å²) in [4.78, 5) is 0. The van der Waals surface area contributed by atoms with Crippen molar-refractivity contribution < 1.29 is 4.57 Å². The van der Waals surface area contributed by atoms with Crippen LogP contribution in [0.15, 0.2) is 0 Å². The van der Waals surface area contributed by atoms with Gasteiger partial charge >= 0.3 is 5.20 Å². The average molecular weight is 205 g/mol. The van der Waals surface area contributed by atoms with E-state index in [0.29, 0.717) is 0 Å². The van der Waals surface area contributed by atoms with E-state index in [1.54, 1.807) is 0 Å². The van der Waals surface area contributed by atoms with Crippen LogP contribution in [0.3, 0.4) is 0 Å². The summed E-state index contributed by atoms with van der Waals surface area (Å²) in [5.41, 5.74) is 0. The summed E-state index contributed by atoms with van der Waals surface area (Å²) >= 11 is 18.0. The summed E-state index contributed by atoms with van der Waals surface area (Å²) in [5.74, 6) is 0. The summed E-state index contributed by atoms with van der Waals surface area (Å²) < 4.78 is 9.51. The Balaban J connectivity index is 0. The quantitative estimate of drug-likeness (QED) is 0.487. The summed E-state index contributed by atoms with van der Waals surface area (Å²) in [6.45, 7) is 0. The largest absolute Gasteiger partial charge is 0.339 e. The molecular formula is H2Cl4NOP. The maximum absolute atomic E-state index is 9.51. The predicted octanol–water partition coefficient (Wildman–Crippen LogP) is 2.91. The first kappa shape index (κ1) is 11.2. The summed E-state index contributed by atoms with van der Waals surface area (Å²) in [7, 11) is 0. The van der Waals surface area contributed by atoms with Gasteiger partial charge in [0.1, 0.15) is 0 Å². The first-order valence-electron chi connectivity index (χ1n) is 0.908. The maximum Gasteiger partial charge on any atom is 0.339 e. The molecule has 0 rings (SSSR count). The molecule has 46 valence electrons. The third kappa shape index (κ3) is 115. The van der Waals surface area contributed by atoms with Crippen molar-refractivity contribution in [2.24, 2.45) is 5.25 Å². The molecule has 7 heavy (non-hydrogen) atoms. The van der Waals surface area contributed by atoms with E-state index in [1.165, 1.54) is 0 Å². The van der Waals surface area contributed by atoms with Gasteiger partial charge in [-0.2, -0.15) is 0 Å². The van der Waals surface area contributed by atoms with Crippen LogP contribution >= 0.6 is 50.7 Å². The molecule has 2 N–H and O–H groups in total. The molecule has 0 spiro atoms. The van der Waals surface area contributed by atoms with Crippen LogP contribution in [0.2, 0.25) is 0 Å². The lowest BCUT2D eigenvalue weighted by Crippen LogP contribution is -1.48. The van der Waals surface area contributed by atoms with Crippen molar-refractivity contribution in [1.29, 1.82) is 0 Å². The van der Waals surface area contributed by atoms with Crippen LogP contribution in [0, 0.1) is 0 Å². The number of halogens is 4. The Kier molecular flexibility index (Phi) is 8.77. The van der Waals surface area contributed by atoms with Gasteiger partial charge in [-0.3, -0.25) is 4.57 Å². The second-order valence-corrected chi connectivity index (χ2v) is 7.04. The molecule has 0 saturated carbocycles. The van der Waals surface area contributed by atoms with Crippen molar-refractivity contribution in [3.8, 4) is 0 Å². The Labute approximate surface area is 60.7 Å². The van der Waals surface area contributed by atoms with Gasteiger partial charge in [-0.25, -0.2) is 5.25 Å². The van der Waals surface area contributed by atoms with Crippen molar-refractivity contribution in [1.82, 2.24) is 0 Å². The van der Waals surface area contributed by atoms with Gasteiger partial charge in [0.05, 0.1) is 0 Å². The smallest absolute Gasteiger partial charge is 0.271 e. The molecule has 0 bridgehead atoms. The third-order valence-electron chi connectivity index (χ3n) is 0. The molecule has 2 nitrogen and oxygen atoms in total. The molecule has 0 saturated heterocycles. The zero-order valence-corrected chi connectivity index (χ0v) is 6.86. The fraction of sp³-hybridized carbons (Fsp3) is 0. The lowest BCUT2D eigenvalue weighted by atomic mass is 14.0. The molecule has 0 aromatic carbocycles. The summed E-state index contributed by atoms with van der Waals surface area (Å²) in [6.07, 6.45) is 0. The number of hydrogen-bond donors (Lipinski definition) is 1. The second-order valence-electron chi connectivity index (χ2n) is 0.399. The van der Waals surface area contributed by atoms with Gasteiger partial charge < -0.3 is 0 Å². The van der Waals surface area contributed by atoms with Crippen LogP contribution in [0.4, 0.5) is 0 Å². The van der Waals surface area contributed by atoms with Crippen LogP contribution in [-0.2, 0) is 4.57 Å². The molecule has 0 amide bonds. The fourth-order valence-electron chi connectivity index (χ4n) is 0. The molecule has 0 aromatic heterocycles. The lowest BCUT2D eigenvalue weighted by Gasteiger charge is -1.74. The molecule has 0 aliphatic heterocycles. The molecule has 0 atom stereocenters. The fourth-order valence-corrected chi connectivity index (χ4v) is 0. The molecule has 7 heteroatoms. The van der Waals surface area contributed by atoms with Gasteiger partial charge in [-0.05, 0) is 45.5 Å². The molecule has 0 aromatic rings. The Morgan fingerprint density at radius 1 is 1.14 bits per heavy atom. The van der Waals surface area contributed by atoms with Gasteiger partial charge in [-0.15, -0.1) is 0 Å². The third-order valence-corrected chi connectivity index (χ3v) is 0. The van der Waals surface area contributed by atoms with Crippen LogP contribution in [0.1, 0.15) is 0 Å². The van der Waals surface area contributed by atoms with Gasteiger partial charge in [0.2, 0.25) is 0 Å². The molecule has 0 unspecified atom stereocenters. The SMILES string of the molecule is NCl.O=P(Cl)(Cl)Cl. The molecular weight excluding hydrogens is 203 g/mol. The van der Waals surface area contributed by atoms with Gasteiger partial charge in [0.15, 0.2) is 0 Å². The predicted molar refractivity (Wildman–Crippen MR) is 35.2 cm³/mol. The molecule has 0 aliphatic carbocycles. The van der Waals surface area contributed by atoms with Crippen LogP contribution in [0.5, 0.6) is 0 Å². The zero-order valence-electron chi connectivity index (χ0n) is 2.94. The van der Waals surface area contributed by atoms with E-state index in [4.69, 9.17) is 0 Å². The van der Waals surface area contributed by atoms with Crippen LogP contribution in [-0.4, -0.2) is 0 Å². The molecule has 0 aliphatic rings. The first-order chi connectivity index (χ1) is 3.00. The maximum atomic E-state index is 9.51. The number of nitrogens with two attached hydrogens (primary N) is 1. The van der Waals surface area contributed by atoms with E-state index >= 15 is 0 Å². The Bertz CT molecular complexity index is 57.8. The normalized spacial score (nSPS) is 9.29. The Morgan fingerprint density at radius 2 is 1.14 bits per heavy atom. The highest BCUT2D eigenvalue weighted by Crippen LogP contribution is 2.61. The van der Waals surface area contributed by atoms with Crippen LogP contribution in [0.25, 0.3) is 0 Å². The summed E-state index contributed by atoms with van der Waals surface area (Å²) in [6, 6.07) is 0. The van der Waals surface area contributed by atoms with E-state index < -0.39 is 5.20 Å². The Hall–Kier alpha value is 1.35. The highest BCUT2D eigenvalue weighted by atomic mass is 36.0. The first-order valence-corrected chi connectivity index (χ1v) is 5.77. The van der Waals surface area contributed by atoms with Crippen LogP contribution < -0.4 is 5.25 Å². The van der Waals surface area contributed by atoms with E-state index in [-0.39, 0.29) is 0 Å². The summed E-state index contributed by atoms with van der Waals surface area (Å²) in [5, 5.41) is 0.750. The average Bonchev–Trinajstić information content (AvgIpc) is 1.36. The number of rotatable bonds is 0. The molecule has 0 fully saturated rings. The Morgan fingerprint density at radius 3 is 1.14 bits per heavy atom. The van der Waals surface area contributed by atoms with Gasteiger partial charge in [-0.1, -0.05) is 0 Å². The van der Waals surface area contributed by atoms with Crippen molar-refractivity contribution in [2.45, 2.75) is 0 Å². The minimum absolute atomic E-state index is 3.22. The minimum Gasteiger partial charge on any atom is -0.271 e. The minimum atomic E-state index is -3.22. The molecule has 0 heterocycles. The van der Waals surface area contributed by atoms with Crippen molar-refractivity contribution in [2.75, 3.05) is 0 Å². The van der Waals surface area contributed by atoms with E-state index in [2.05, 4.69) is 50.8 Å². The van der Waals surface area contributed by atoms with Crippen molar-refractivity contribution >= 4 is 50.7 Å². The van der Waals surface area contributed by atoms with E-state index in [9.17, 15) is 4.57 Å². The highest BCUT2D eigenvalue weighted by molar-refractivity contribution is 8.24. The highest BCUT2D eigenvalue weighted by Gasteiger charge is 2.02. The number of hydrogen-bond acceptors (Lipinski definition) is 2. The monoisotopic (exact) mass is 203 g/mol.